The zero-order valence-corrected chi connectivity index (χ0v) is 10.8. The van der Waals surface area contributed by atoms with Gasteiger partial charge in [-0.1, -0.05) is 18.2 Å². The van der Waals surface area contributed by atoms with Crippen LogP contribution in [-0.4, -0.2) is 10.2 Å². The summed E-state index contributed by atoms with van der Waals surface area (Å²) < 4.78 is 0. The van der Waals surface area contributed by atoms with Crippen molar-refractivity contribution in [1.82, 2.24) is 0 Å². The number of phenols is 1. The van der Waals surface area contributed by atoms with Crippen LogP contribution >= 0.6 is 12.2 Å². The minimum absolute atomic E-state index is 0.235. The van der Waals surface area contributed by atoms with E-state index in [-0.39, 0.29) is 5.75 Å². The maximum Gasteiger partial charge on any atom is 0.175 e. The molecule has 0 saturated carbocycles. The van der Waals surface area contributed by atoms with Gasteiger partial charge >= 0.3 is 0 Å². The number of phenolic OH excluding ortho intramolecular Hbond substituents is 1. The summed E-state index contributed by atoms with van der Waals surface area (Å²) in [5.41, 5.74) is 2.94. The van der Waals surface area contributed by atoms with Crippen LogP contribution in [0.1, 0.15) is 5.56 Å². The number of para-hydroxylation sites is 1. The van der Waals surface area contributed by atoms with E-state index in [9.17, 15) is 5.11 Å². The molecule has 0 bridgehead atoms. The molecule has 0 aliphatic carbocycles. The van der Waals surface area contributed by atoms with Crippen LogP contribution in [0, 0.1) is 6.92 Å². The molecular formula is C14H14N2OS. The Morgan fingerprint density at radius 2 is 1.67 bits per heavy atom. The smallest absolute Gasteiger partial charge is 0.175 e. The highest BCUT2D eigenvalue weighted by Gasteiger charge is 2.00. The van der Waals surface area contributed by atoms with Gasteiger partial charge in [-0.25, -0.2) is 0 Å². The molecule has 3 N–H and O–H groups in total. The number of aryl methyl sites for hydroxylation is 1. The van der Waals surface area contributed by atoms with Gasteiger partial charge in [0.1, 0.15) is 5.75 Å². The van der Waals surface area contributed by atoms with Gasteiger partial charge in [0.05, 0.1) is 0 Å². The molecule has 3 nitrogen and oxygen atoms in total. The third-order valence-corrected chi connectivity index (χ3v) is 2.72. The molecule has 2 aromatic carbocycles. The van der Waals surface area contributed by atoms with Crippen molar-refractivity contribution in [2.45, 2.75) is 6.92 Å². The predicted octanol–water partition coefficient (Wildman–Crippen LogP) is 3.51. The lowest BCUT2D eigenvalue weighted by molar-refractivity contribution is 0.475. The first-order valence-electron chi connectivity index (χ1n) is 5.58. The van der Waals surface area contributed by atoms with Crippen LogP contribution in [0.25, 0.3) is 0 Å². The number of nitrogens with one attached hydrogen (secondary N) is 2. The number of hydrogen-bond donors (Lipinski definition) is 3. The summed E-state index contributed by atoms with van der Waals surface area (Å²) in [5, 5.41) is 15.9. The summed E-state index contributed by atoms with van der Waals surface area (Å²) in [6.45, 7) is 2.02. The Morgan fingerprint density at radius 3 is 2.33 bits per heavy atom. The minimum atomic E-state index is 0.235. The normalized spacial score (nSPS) is 9.83. The molecule has 0 saturated heterocycles. The fraction of sp³-hybridized carbons (Fsp3) is 0.0714. The lowest BCUT2D eigenvalue weighted by atomic mass is 10.2. The zero-order chi connectivity index (χ0) is 13.0. The third-order valence-electron chi connectivity index (χ3n) is 2.52. The van der Waals surface area contributed by atoms with E-state index in [0.29, 0.717) is 5.11 Å². The summed E-state index contributed by atoms with van der Waals surface area (Å²) in [5.74, 6) is 0.235. The number of thiocarbonyl (C=S) groups is 1. The Hall–Kier alpha value is -2.07. The Bertz CT molecular complexity index is 552. The molecule has 0 aliphatic rings. The highest BCUT2D eigenvalue weighted by Crippen LogP contribution is 2.16. The first-order valence-corrected chi connectivity index (χ1v) is 5.98. The van der Waals surface area contributed by atoms with Crippen LogP contribution in [-0.2, 0) is 0 Å². The largest absolute Gasteiger partial charge is 0.508 e. The van der Waals surface area contributed by atoms with Crippen LogP contribution in [0.3, 0.4) is 0 Å². The van der Waals surface area contributed by atoms with Crippen LogP contribution in [0.4, 0.5) is 11.4 Å². The highest BCUT2D eigenvalue weighted by molar-refractivity contribution is 7.80. The van der Waals surface area contributed by atoms with Gasteiger partial charge in [-0.2, -0.15) is 0 Å². The average Bonchev–Trinajstić information content (AvgIpc) is 2.35. The summed E-state index contributed by atoms with van der Waals surface area (Å²) in [6.07, 6.45) is 0. The molecule has 2 rings (SSSR count). The number of anilines is 2. The van der Waals surface area contributed by atoms with Crippen molar-refractivity contribution in [2.24, 2.45) is 0 Å². The van der Waals surface area contributed by atoms with Crippen LogP contribution < -0.4 is 10.6 Å². The topological polar surface area (TPSA) is 44.3 Å². The van der Waals surface area contributed by atoms with Crippen LogP contribution in [0.5, 0.6) is 5.75 Å². The monoisotopic (exact) mass is 258 g/mol. The van der Waals surface area contributed by atoms with Gasteiger partial charge in [-0.3, -0.25) is 0 Å². The predicted molar refractivity (Wildman–Crippen MR) is 79.1 cm³/mol. The minimum Gasteiger partial charge on any atom is -0.508 e. The van der Waals surface area contributed by atoms with E-state index in [2.05, 4.69) is 10.6 Å². The molecular weight excluding hydrogens is 244 g/mol. The highest BCUT2D eigenvalue weighted by atomic mass is 32.1. The molecule has 0 heterocycles. The lowest BCUT2D eigenvalue weighted by Crippen LogP contribution is -2.19. The third kappa shape index (κ3) is 3.21. The fourth-order valence-electron chi connectivity index (χ4n) is 1.54. The summed E-state index contributed by atoms with van der Waals surface area (Å²) in [6, 6.07) is 14.7. The quantitative estimate of drug-likeness (QED) is 0.570. The van der Waals surface area contributed by atoms with Crippen molar-refractivity contribution < 1.29 is 5.11 Å². The van der Waals surface area contributed by atoms with Crippen molar-refractivity contribution in [3.05, 3.63) is 54.1 Å². The van der Waals surface area contributed by atoms with E-state index in [4.69, 9.17) is 12.2 Å². The number of aromatic hydroxyl groups is 1. The standard InChI is InChI=1S/C14H14N2OS/c1-10-4-2-3-5-13(10)16-14(18)15-11-6-8-12(17)9-7-11/h2-9,17H,1H3,(H2,15,16,18). The number of benzene rings is 2. The van der Waals surface area contributed by atoms with Crippen LogP contribution in [0.2, 0.25) is 0 Å². The SMILES string of the molecule is Cc1ccccc1NC(=S)Nc1ccc(O)cc1. The molecule has 0 amide bonds. The first-order chi connectivity index (χ1) is 8.65. The van der Waals surface area contributed by atoms with Gasteiger partial charge in [-0.05, 0) is 55.0 Å². The molecule has 0 aliphatic heterocycles. The van der Waals surface area contributed by atoms with Gasteiger partial charge < -0.3 is 15.7 Å². The Morgan fingerprint density at radius 1 is 1.00 bits per heavy atom. The van der Waals surface area contributed by atoms with Crippen LogP contribution in [0.15, 0.2) is 48.5 Å². The fourth-order valence-corrected chi connectivity index (χ4v) is 1.77. The number of hydrogen-bond acceptors (Lipinski definition) is 2. The zero-order valence-electron chi connectivity index (χ0n) is 9.97. The molecule has 18 heavy (non-hydrogen) atoms. The van der Waals surface area contributed by atoms with Crippen molar-refractivity contribution in [3.8, 4) is 5.75 Å². The maximum atomic E-state index is 9.19. The summed E-state index contributed by atoms with van der Waals surface area (Å²) in [7, 11) is 0. The second-order valence-electron chi connectivity index (χ2n) is 3.94. The number of rotatable bonds is 2. The van der Waals surface area contributed by atoms with E-state index in [1.807, 2.05) is 31.2 Å². The molecule has 0 spiro atoms. The molecule has 92 valence electrons. The van der Waals surface area contributed by atoms with Gasteiger partial charge in [0, 0.05) is 11.4 Å². The van der Waals surface area contributed by atoms with Crippen molar-refractivity contribution >= 4 is 28.7 Å². The van der Waals surface area contributed by atoms with Crippen molar-refractivity contribution in [2.75, 3.05) is 10.6 Å². The second-order valence-corrected chi connectivity index (χ2v) is 4.35. The molecule has 0 unspecified atom stereocenters. The van der Waals surface area contributed by atoms with E-state index in [0.717, 1.165) is 16.9 Å². The van der Waals surface area contributed by atoms with Gasteiger partial charge in [0.2, 0.25) is 0 Å². The molecule has 0 atom stereocenters. The molecule has 2 aromatic rings. The lowest BCUT2D eigenvalue weighted by Gasteiger charge is -2.12. The van der Waals surface area contributed by atoms with E-state index < -0.39 is 0 Å². The summed E-state index contributed by atoms with van der Waals surface area (Å²) >= 11 is 5.23. The second kappa shape index (κ2) is 5.51. The molecule has 0 aromatic heterocycles. The van der Waals surface area contributed by atoms with Crippen molar-refractivity contribution in [1.29, 1.82) is 0 Å². The first kappa shape index (κ1) is 12.4. The van der Waals surface area contributed by atoms with E-state index in [1.54, 1.807) is 24.3 Å². The average molecular weight is 258 g/mol. The molecule has 0 fully saturated rings. The van der Waals surface area contributed by atoms with Gasteiger partial charge in [-0.15, -0.1) is 0 Å². The Labute approximate surface area is 111 Å². The van der Waals surface area contributed by atoms with E-state index in [1.165, 1.54) is 0 Å². The Balaban J connectivity index is 2.01. The van der Waals surface area contributed by atoms with Gasteiger partial charge in [0.15, 0.2) is 5.11 Å². The Kier molecular flexibility index (Phi) is 3.79. The molecule has 0 radical (unpaired) electrons. The van der Waals surface area contributed by atoms with Gasteiger partial charge in [0.25, 0.3) is 0 Å². The maximum absolute atomic E-state index is 9.19. The van der Waals surface area contributed by atoms with E-state index >= 15 is 0 Å². The molecule has 4 heteroatoms. The van der Waals surface area contributed by atoms with Crippen molar-refractivity contribution in [3.63, 3.8) is 0 Å². The summed E-state index contributed by atoms with van der Waals surface area (Å²) in [4.78, 5) is 0.